The van der Waals surface area contributed by atoms with E-state index in [0.29, 0.717) is 16.7 Å². The monoisotopic (exact) mass is 1170 g/mol. The number of alkyl halides is 3. The average Bonchev–Trinajstić information content (AvgIpc) is 1.38. The molecule has 0 spiro atoms. The van der Waals surface area contributed by atoms with Gasteiger partial charge >= 0.3 is 12.1 Å². The van der Waals surface area contributed by atoms with Crippen LogP contribution in [0.25, 0.3) is 32.7 Å². The number of esters is 1. The van der Waals surface area contributed by atoms with Crippen LogP contribution in [0.2, 0.25) is 0 Å². The number of aromatic nitrogens is 3. The molecule has 0 bridgehead atoms. The van der Waals surface area contributed by atoms with E-state index in [4.69, 9.17) is 21.9 Å². The molecule has 3 aromatic heterocycles. The van der Waals surface area contributed by atoms with Crippen LogP contribution in [0.4, 0.5) is 30.2 Å². The van der Waals surface area contributed by atoms with E-state index in [9.17, 15) is 46.7 Å². The Bertz CT molecular complexity index is 3710. The second-order valence-electron chi connectivity index (χ2n) is 21.8. The summed E-state index contributed by atoms with van der Waals surface area (Å²) in [4.78, 5) is 104. The van der Waals surface area contributed by atoms with E-state index in [0.717, 1.165) is 49.8 Å². The van der Waals surface area contributed by atoms with Crippen molar-refractivity contribution in [3.63, 3.8) is 0 Å². The summed E-state index contributed by atoms with van der Waals surface area (Å²) < 4.78 is 49.4. The minimum Gasteiger partial charge on any atom is -0.438 e. The first-order valence-corrected chi connectivity index (χ1v) is 27.1. The molecule has 444 valence electrons. The van der Waals surface area contributed by atoms with Gasteiger partial charge in [-0.05, 0) is 113 Å². The van der Waals surface area contributed by atoms with Gasteiger partial charge in [0.1, 0.15) is 0 Å². The molecule has 86 heavy (non-hydrogen) atoms. The number of hydrogen-bond donors (Lipinski definition) is 12. The number of nitrogens with one attached hydrogen (secondary N) is 9. The molecule has 0 aliphatic heterocycles. The van der Waals surface area contributed by atoms with Crippen LogP contribution in [-0.4, -0.2) is 79.5 Å². The first-order valence-electron chi connectivity index (χ1n) is 27.1. The standard InChI is InChI=1S/C63H63F3N12O8/c1-34-46(43-13-7-10-16-49(43)70-34)31-52(79)76-59(4,67)55(82)73-40-25-19-37(20-26-40)62(86-58(85)63(64,65)66,38-21-27-41(28-22-38)74-56(83)60(5,68)77-53(80)32-47-35(2)71-50-17-11-8-14-44(47)50)39-23-29-42(30-24-39)75-57(84)61(6,69)78-54(81)33-48-36(3)72-51-18-12-9-15-45(48)51/h7-30,70-72H,31-33,67-69H2,1-6H3,(H,73,82)(H,74,83)(H,75,84)(H,76,79)(H,77,80)(H,78,81)/t59-,60-,61-/m0/s1. The minimum absolute atomic E-state index is 0.0614. The predicted octanol–water partition coefficient (Wildman–Crippen LogP) is 7.37. The summed E-state index contributed by atoms with van der Waals surface area (Å²) in [7, 11) is 0. The molecule has 0 radical (unpaired) electrons. The Morgan fingerprint density at radius 3 is 0.930 bits per heavy atom. The number of aromatic amines is 3. The number of carbonyl (C=O) groups is 7. The van der Waals surface area contributed by atoms with Gasteiger partial charge in [-0.15, -0.1) is 0 Å². The summed E-state index contributed by atoms with van der Waals surface area (Å²) in [5.41, 5.74) is 17.4. The lowest BCUT2D eigenvalue weighted by molar-refractivity contribution is -0.209. The average molecular weight is 1170 g/mol. The van der Waals surface area contributed by atoms with E-state index in [1.165, 1.54) is 93.6 Å². The lowest BCUT2D eigenvalue weighted by atomic mass is 9.79. The fourth-order valence-electron chi connectivity index (χ4n) is 10.4. The molecule has 6 amide bonds. The number of para-hydroxylation sites is 3. The third kappa shape index (κ3) is 12.8. The Morgan fingerprint density at radius 1 is 0.419 bits per heavy atom. The fraction of sp³-hybridized carbons (Fsp3) is 0.222. The lowest BCUT2D eigenvalue weighted by Crippen LogP contribution is -2.61. The molecule has 0 unspecified atom stereocenters. The van der Waals surface area contributed by atoms with Crippen molar-refractivity contribution in [2.75, 3.05) is 16.0 Å². The number of fused-ring (bicyclic) bond motifs is 3. The normalized spacial score (nSPS) is 13.9. The number of carbonyl (C=O) groups excluding carboxylic acids is 7. The van der Waals surface area contributed by atoms with Crippen molar-refractivity contribution in [1.29, 1.82) is 0 Å². The summed E-state index contributed by atoms with van der Waals surface area (Å²) in [6, 6.07) is 37.8. The maximum absolute atomic E-state index is 14.6. The van der Waals surface area contributed by atoms with Crippen molar-refractivity contribution in [3.05, 3.63) is 196 Å². The molecule has 0 fully saturated rings. The van der Waals surface area contributed by atoms with E-state index in [2.05, 4.69) is 46.9 Å². The van der Waals surface area contributed by atoms with Crippen LogP contribution in [0.5, 0.6) is 0 Å². The molecule has 23 heteroatoms. The molecule has 3 atom stereocenters. The van der Waals surface area contributed by atoms with Crippen molar-refractivity contribution >= 4 is 91.2 Å². The zero-order valence-electron chi connectivity index (χ0n) is 47.6. The molecule has 6 aromatic carbocycles. The smallest absolute Gasteiger partial charge is 0.438 e. The Hall–Kier alpha value is -10.1. The first kappa shape index (κ1) is 60.5. The first-order chi connectivity index (χ1) is 40.5. The van der Waals surface area contributed by atoms with Crippen molar-refractivity contribution in [1.82, 2.24) is 30.9 Å². The van der Waals surface area contributed by atoms with Gasteiger partial charge in [0, 0.05) is 83.5 Å². The van der Waals surface area contributed by atoms with Crippen LogP contribution in [0.3, 0.4) is 0 Å². The highest BCUT2D eigenvalue weighted by molar-refractivity contribution is 6.03. The number of rotatable bonds is 19. The Labute approximate surface area is 490 Å². The van der Waals surface area contributed by atoms with Crippen molar-refractivity contribution in [2.45, 2.75) is 89.6 Å². The van der Waals surface area contributed by atoms with E-state index < -0.39 is 70.2 Å². The summed E-state index contributed by atoms with van der Waals surface area (Å²) in [6.45, 7) is 9.30. The summed E-state index contributed by atoms with van der Waals surface area (Å²) in [6.07, 6.45) is -5.90. The maximum atomic E-state index is 14.6. The molecule has 3 heterocycles. The molecule has 9 aromatic rings. The van der Waals surface area contributed by atoms with Gasteiger partial charge in [-0.1, -0.05) is 91.0 Å². The molecule has 15 N–H and O–H groups in total. The minimum atomic E-state index is -5.56. The summed E-state index contributed by atoms with van der Waals surface area (Å²) in [5.74, 6) is -6.90. The number of nitrogens with two attached hydrogens (primary N) is 3. The van der Waals surface area contributed by atoms with Crippen LogP contribution in [0.15, 0.2) is 146 Å². The quantitative estimate of drug-likeness (QED) is 0.0215. The predicted molar refractivity (Wildman–Crippen MR) is 320 cm³/mol. The highest BCUT2D eigenvalue weighted by Crippen LogP contribution is 2.43. The largest absolute Gasteiger partial charge is 0.490 e. The number of anilines is 3. The topological polar surface area (TPSA) is 326 Å². The van der Waals surface area contributed by atoms with Gasteiger partial charge in [-0.2, -0.15) is 13.2 Å². The molecule has 0 aliphatic carbocycles. The van der Waals surface area contributed by atoms with Gasteiger partial charge in [0.15, 0.2) is 22.6 Å². The number of amides is 6. The molecule has 9 rings (SSSR count). The van der Waals surface area contributed by atoms with Crippen molar-refractivity contribution in [3.8, 4) is 0 Å². The van der Waals surface area contributed by atoms with Crippen molar-refractivity contribution in [2.24, 2.45) is 17.2 Å². The second-order valence-corrected chi connectivity index (χ2v) is 21.8. The molecular weight excluding hydrogens is 1110 g/mol. The summed E-state index contributed by atoms with van der Waals surface area (Å²) >= 11 is 0. The van der Waals surface area contributed by atoms with Crippen LogP contribution < -0.4 is 49.1 Å². The number of benzene rings is 6. The van der Waals surface area contributed by atoms with E-state index in [-0.39, 0.29) is 53.0 Å². The van der Waals surface area contributed by atoms with Crippen LogP contribution in [0, 0.1) is 20.8 Å². The van der Waals surface area contributed by atoms with Gasteiger partial charge in [-0.25, -0.2) is 4.79 Å². The summed E-state index contributed by atoms with van der Waals surface area (Å²) in [5, 5.41) is 18.0. The third-order valence-corrected chi connectivity index (χ3v) is 14.8. The highest BCUT2D eigenvalue weighted by Gasteiger charge is 2.49. The zero-order valence-corrected chi connectivity index (χ0v) is 47.6. The number of H-pyrrole nitrogens is 3. The molecule has 0 saturated heterocycles. The molecular formula is C63H63F3N12O8. The van der Waals surface area contributed by atoms with Gasteiger partial charge < -0.3 is 68.8 Å². The number of ether oxygens (including phenoxy) is 1. The van der Waals surface area contributed by atoms with Gasteiger partial charge in [0.05, 0.1) is 19.3 Å². The molecule has 0 saturated carbocycles. The van der Waals surface area contributed by atoms with E-state index >= 15 is 0 Å². The van der Waals surface area contributed by atoms with Crippen molar-refractivity contribution < 1.29 is 51.5 Å². The Morgan fingerprint density at radius 2 is 0.674 bits per heavy atom. The Balaban J connectivity index is 0.990. The van der Waals surface area contributed by atoms with Crippen LogP contribution in [0.1, 0.15) is 71.2 Å². The van der Waals surface area contributed by atoms with Gasteiger partial charge in [0.2, 0.25) is 17.7 Å². The maximum Gasteiger partial charge on any atom is 0.490 e. The fourth-order valence-corrected chi connectivity index (χ4v) is 10.4. The van der Waals surface area contributed by atoms with Gasteiger partial charge in [0.25, 0.3) is 17.7 Å². The van der Waals surface area contributed by atoms with Crippen LogP contribution in [-0.2, 0) is 63.2 Å². The van der Waals surface area contributed by atoms with Gasteiger partial charge in [-0.3, -0.25) is 28.8 Å². The lowest BCUT2D eigenvalue weighted by Gasteiger charge is -2.36. The SMILES string of the molecule is Cc1[nH]c2ccccc2c1CC(=O)N[C@](C)(N)C(=O)Nc1ccc(C(OC(=O)C(F)(F)F)(c2ccc(NC(=O)[C@@](C)(N)NC(=O)Cc3c(C)[nH]c4ccccc34)cc2)c2ccc(NC(=O)[C@@](C)(N)NC(=O)Cc3c(C)[nH]c4ccccc34)cc2)cc1. The van der Waals surface area contributed by atoms with Crippen LogP contribution >= 0.6 is 0 Å². The number of aryl methyl sites for hydroxylation is 3. The van der Waals surface area contributed by atoms with E-state index in [1.807, 2.05) is 93.6 Å². The zero-order chi connectivity index (χ0) is 62.1. The third-order valence-electron chi connectivity index (χ3n) is 14.8. The Kier molecular flexibility index (Phi) is 16.5. The number of hydrogen-bond acceptors (Lipinski definition) is 11. The highest BCUT2D eigenvalue weighted by atomic mass is 19.4. The number of halogens is 3. The molecule has 0 aliphatic rings. The second kappa shape index (κ2) is 23.5. The molecule has 20 nitrogen and oxygen atoms in total. The van der Waals surface area contributed by atoms with E-state index in [1.54, 1.807) is 0 Å².